The number of rotatable bonds is 1. The second-order valence-electron chi connectivity index (χ2n) is 2.44. The maximum absolute atomic E-state index is 5.94. The monoisotopic (exact) mass is 264 g/mol. The number of aliphatic imine (C=N–C) groups is 1. The quantitative estimate of drug-likeness (QED) is 0.701. The van der Waals surface area contributed by atoms with Crippen molar-refractivity contribution in [2.75, 3.05) is 0 Å². The molecule has 0 atom stereocenters. The summed E-state index contributed by atoms with van der Waals surface area (Å²) in [6.45, 7) is 0. The van der Waals surface area contributed by atoms with E-state index >= 15 is 0 Å². The molecule has 2 nitrogen and oxygen atoms in total. The molecule has 0 saturated heterocycles. The highest BCUT2D eigenvalue weighted by molar-refractivity contribution is 7.22. The molecule has 72 valence electrons. The van der Waals surface area contributed by atoms with Crippen molar-refractivity contribution in [1.82, 2.24) is 4.98 Å². The largest absolute Gasteiger partial charge is 0.217 e. The molecule has 0 saturated carbocycles. The minimum absolute atomic E-state index is 0.0554. The van der Waals surface area contributed by atoms with Crippen LogP contribution >= 0.6 is 46.1 Å². The lowest BCUT2D eigenvalue weighted by atomic mass is 10.3. The third-order valence-corrected chi connectivity index (χ3v) is 2.93. The highest BCUT2D eigenvalue weighted by atomic mass is 35.5. The average Bonchev–Trinajstić information content (AvgIpc) is 2.47. The Morgan fingerprint density at radius 1 is 1.36 bits per heavy atom. The number of hydrogen-bond donors (Lipinski definition) is 0. The van der Waals surface area contributed by atoms with E-state index in [0.717, 1.165) is 10.2 Å². The number of benzene rings is 1. The van der Waals surface area contributed by atoms with Crippen LogP contribution in [0.1, 0.15) is 0 Å². The first-order chi connectivity index (χ1) is 6.66. The Hall–Kier alpha value is -0.350. The molecular weight excluding hydrogens is 263 g/mol. The third kappa shape index (κ3) is 2.01. The lowest BCUT2D eigenvalue weighted by Gasteiger charge is -1.87. The standard InChI is InChI=1S/C8H3Cl3N2S/c9-4-2-1-3-5-6(4)12-8(14-5)13-7(10)11/h1-3H. The number of hydrogen-bond acceptors (Lipinski definition) is 3. The van der Waals surface area contributed by atoms with Crippen molar-refractivity contribution in [2.45, 2.75) is 0 Å². The second kappa shape index (κ2) is 4.03. The molecule has 0 unspecified atom stereocenters. The second-order valence-corrected chi connectivity index (χ2v) is 4.76. The first-order valence-corrected chi connectivity index (χ1v) is 5.56. The van der Waals surface area contributed by atoms with Crippen LogP contribution in [-0.4, -0.2) is 9.61 Å². The number of fused-ring (bicyclic) bond motifs is 1. The van der Waals surface area contributed by atoms with Crippen LogP contribution in [0.5, 0.6) is 0 Å². The Bertz CT molecular complexity index is 502. The number of aromatic nitrogens is 1. The zero-order chi connectivity index (χ0) is 10.1. The van der Waals surface area contributed by atoms with Gasteiger partial charge < -0.3 is 0 Å². The van der Waals surface area contributed by atoms with Crippen LogP contribution in [-0.2, 0) is 0 Å². The van der Waals surface area contributed by atoms with Gasteiger partial charge in [0.25, 0.3) is 0 Å². The minimum Gasteiger partial charge on any atom is -0.217 e. The van der Waals surface area contributed by atoms with Gasteiger partial charge in [-0.1, -0.05) is 29.0 Å². The smallest absolute Gasteiger partial charge is 0.212 e. The lowest BCUT2D eigenvalue weighted by molar-refractivity contribution is 1.42. The molecule has 0 radical (unpaired) electrons. The Morgan fingerprint density at radius 2 is 2.14 bits per heavy atom. The van der Waals surface area contributed by atoms with E-state index in [1.54, 1.807) is 6.07 Å². The molecule has 6 heteroatoms. The van der Waals surface area contributed by atoms with Crippen molar-refractivity contribution in [2.24, 2.45) is 4.99 Å². The molecule has 2 aromatic rings. The van der Waals surface area contributed by atoms with Crippen molar-refractivity contribution in [3.8, 4) is 0 Å². The van der Waals surface area contributed by atoms with Gasteiger partial charge in [0.05, 0.1) is 9.72 Å². The van der Waals surface area contributed by atoms with Crippen molar-refractivity contribution < 1.29 is 0 Å². The first-order valence-electron chi connectivity index (χ1n) is 3.61. The van der Waals surface area contributed by atoms with E-state index in [1.807, 2.05) is 12.1 Å². The topological polar surface area (TPSA) is 25.2 Å². The zero-order valence-electron chi connectivity index (χ0n) is 6.67. The number of para-hydroxylation sites is 1. The number of halogens is 3. The van der Waals surface area contributed by atoms with Gasteiger partial charge in [0.2, 0.25) is 5.13 Å². The van der Waals surface area contributed by atoms with Crippen LogP contribution in [0, 0.1) is 0 Å². The van der Waals surface area contributed by atoms with Gasteiger partial charge in [-0.3, -0.25) is 0 Å². The Labute approximate surface area is 99.1 Å². The normalized spacial score (nSPS) is 10.5. The summed E-state index contributed by atoms with van der Waals surface area (Å²) in [4.78, 5) is 8.02. The molecular formula is C8H3Cl3N2S. The van der Waals surface area contributed by atoms with E-state index in [0.29, 0.717) is 10.2 Å². The van der Waals surface area contributed by atoms with Crippen LogP contribution in [0.4, 0.5) is 5.13 Å². The first kappa shape index (κ1) is 10.2. The highest BCUT2D eigenvalue weighted by Crippen LogP contribution is 2.32. The van der Waals surface area contributed by atoms with E-state index in [9.17, 15) is 0 Å². The summed E-state index contributed by atoms with van der Waals surface area (Å²) in [6, 6.07) is 5.55. The molecule has 0 aliphatic rings. The van der Waals surface area contributed by atoms with Crippen LogP contribution in [0.2, 0.25) is 5.02 Å². The van der Waals surface area contributed by atoms with Gasteiger partial charge in [-0.15, -0.1) is 0 Å². The molecule has 14 heavy (non-hydrogen) atoms. The maximum Gasteiger partial charge on any atom is 0.212 e. The van der Waals surface area contributed by atoms with Crippen molar-refractivity contribution >= 4 is 66.1 Å². The van der Waals surface area contributed by atoms with Gasteiger partial charge in [-0.25, -0.2) is 4.98 Å². The molecule has 0 bridgehead atoms. The summed E-state index contributed by atoms with van der Waals surface area (Å²) in [5, 5.41) is 1.11. The Kier molecular flexibility index (Phi) is 2.93. The summed E-state index contributed by atoms with van der Waals surface area (Å²) in [6.07, 6.45) is 0. The van der Waals surface area contributed by atoms with E-state index in [2.05, 4.69) is 9.98 Å². The predicted molar refractivity (Wildman–Crippen MR) is 63.4 cm³/mol. The highest BCUT2D eigenvalue weighted by Gasteiger charge is 2.05. The fourth-order valence-electron chi connectivity index (χ4n) is 1.02. The summed E-state index contributed by atoms with van der Waals surface area (Å²) in [5.41, 5.74) is 0.729. The molecule has 1 heterocycles. The average molecular weight is 266 g/mol. The molecule has 2 rings (SSSR count). The van der Waals surface area contributed by atoms with E-state index in [4.69, 9.17) is 34.8 Å². The fraction of sp³-hybridized carbons (Fsp3) is 0. The SMILES string of the molecule is ClC(Cl)=Nc1nc2c(Cl)cccc2s1. The van der Waals surface area contributed by atoms with Gasteiger partial charge >= 0.3 is 0 Å². The van der Waals surface area contributed by atoms with Crippen LogP contribution in [0.25, 0.3) is 10.2 Å². The molecule has 0 amide bonds. The molecule has 1 aromatic carbocycles. The molecule has 0 spiro atoms. The van der Waals surface area contributed by atoms with Gasteiger partial charge in [0, 0.05) is 0 Å². The summed E-state index contributed by atoms with van der Waals surface area (Å²) in [5.74, 6) is 0. The summed E-state index contributed by atoms with van der Waals surface area (Å²) < 4.78 is 0.908. The third-order valence-electron chi connectivity index (χ3n) is 1.54. The Balaban J connectivity index is 2.63. The minimum atomic E-state index is -0.0554. The summed E-state index contributed by atoms with van der Waals surface area (Å²) >= 11 is 18.2. The Morgan fingerprint density at radius 3 is 2.79 bits per heavy atom. The molecule has 0 aliphatic heterocycles. The zero-order valence-corrected chi connectivity index (χ0v) is 9.75. The van der Waals surface area contributed by atoms with Gasteiger partial charge in [-0.2, -0.15) is 4.99 Å². The van der Waals surface area contributed by atoms with Crippen molar-refractivity contribution in [1.29, 1.82) is 0 Å². The summed E-state index contributed by atoms with van der Waals surface area (Å²) in [7, 11) is 0. The fourth-order valence-corrected chi connectivity index (χ4v) is 2.43. The molecule has 0 aliphatic carbocycles. The molecule has 0 fully saturated rings. The number of nitrogens with zero attached hydrogens (tertiary/aromatic N) is 2. The van der Waals surface area contributed by atoms with E-state index in [-0.39, 0.29) is 4.63 Å². The van der Waals surface area contributed by atoms with Crippen LogP contribution in [0.3, 0.4) is 0 Å². The maximum atomic E-state index is 5.94. The van der Waals surface area contributed by atoms with Gasteiger partial charge in [0.1, 0.15) is 5.52 Å². The number of thiazole rings is 1. The predicted octanol–water partition coefficient (Wildman–Crippen LogP) is 4.41. The van der Waals surface area contributed by atoms with Crippen LogP contribution < -0.4 is 0 Å². The molecule has 0 N–H and O–H groups in total. The van der Waals surface area contributed by atoms with Crippen molar-refractivity contribution in [3.63, 3.8) is 0 Å². The van der Waals surface area contributed by atoms with Crippen LogP contribution in [0.15, 0.2) is 23.2 Å². The lowest BCUT2D eigenvalue weighted by Crippen LogP contribution is -1.70. The molecule has 1 aromatic heterocycles. The van der Waals surface area contributed by atoms with E-state index in [1.165, 1.54) is 11.3 Å². The van der Waals surface area contributed by atoms with Crippen molar-refractivity contribution in [3.05, 3.63) is 23.2 Å². The van der Waals surface area contributed by atoms with E-state index < -0.39 is 0 Å². The van der Waals surface area contributed by atoms with Gasteiger partial charge in [0.15, 0.2) is 4.63 Å². The van der Waals surface area contributed by atoms with Gasteiger partial charge in [-0.05, 0) is 35.3 Å².